The maximum absolute atomic E-state index is 13.3. The van der Waals surface area contributed by atoms with Gasteiger partial charge >= 0.3 is 0 Å². The number of hydrogen-bond donors (Lipinski definition) is 0. The van der Waals surface area contributed by atoms with Crippen LogP contribution in [0.5, 0.6) is 0 Å². The molecular weight excluding hydrogens is 390 g/mol. The van der Waals surface area contributed by atoms with E-state index < -0.39 is 0 Å². The lowest BCUT2D eigenvalue weighted by Crippen LogP contribution is -2.39. The number of aromatic nitrogens is 3. The van der Waals surface area contributed by atoms with Gasteiger partial charge in [-0.2, -0.15) is 5.10 Å². The molecule has 7 nitrogen and oxygen atoms in total. The topological polar surface area (TPSA) is 67.4 Å². The van der Waals surface area contributed by atoms with Crippen LogP contribution in [-0.4, -0.2) is 44.1 Å². The van der Waals surface area contributed by atoms with E-state index in [1.807, 2.05) is 36.2 Å². The van der Waals surface area contributed by atoms with Gasteiger partial charge in [0.1, 0.15) is 18.4 Å². The van der Waals surface area contributed by atoms with Crippen molar-refractivity contribution in [2.24, 2.45) is 0 Å². The van der Waals surface area contributed by atoms with E-state index in [9.17, 15) is 4.79 Å². The molecule has 4 rings (SSSR count). The zero-order chi connectivity index (χ0) is 21.6. The second kappa shape index (κ2) is 9.75. The van der Waals surface area contributed by atoms with E-state index in [1.165, 1.54) is 12.7 Å². The lowest BCUT2D eigenvalue weighted by molar-refractivity contribution is -0.131. The molecule has 1 aliphatic rings. The Morgan fingerprint density at radius 2 is 2.06 bits per heavy atom. The highest BCUT2D eigenvalue weighted by molar-refractivity contribution is 5.80. The Hall–Kier alpha value is -3.19. The van der Waals surface area contributed by atoms with E-state index in [2.05, 4.69) is 40.1 Å². The van der Waals surface area contributed by atoms with Gasteiger partial charge in [-0.15, -0.1) is 0 Å². The first-order chi connectivity index (χ1) is 15.1. The highest BCUT2D eigenvalue weighted by atomic mass is 16.3. The van der Waals surface area contributed by atoms with Crippen molar-refractivity contribution in [3.05, 3.63) is 78.4 Å². The van der Waals surface area contributed by atoms with Gasteiger partial charge in [-0.3, -0.25) is 9.69 Å². The monoisotopic (exact) mass is 419 g/mol. The normalized spacial score (nSPS) is 15.0. The third-order valence-corrected chi connectivity index (χ3v) is 5.91. The van der Waals surface area contributed by atoms with E-state index >= 15 is 0 Å². The van der Waals surface area contributed by atoms with Crippen LogP contribution in [0.2, 0.25) is 0 Å². The van der Waals surface area contributed by atoms with Gasteiger partial charge < -0.3 is 9.32 Å². The number of carbonyl (C=O) groups is 1. The highest BCUT2D eigenvalue weighted by Gasteiger charge is 2.24. The summed E-state index contributed by atoms with van der Waals surface area (Å²) in [6.07, 6.45) is 11.3. The summed E-state index contributed by atoms with van der Waals surface area (Å²) in [7, 11) is 1.99. The minimum atomic E-state index is 0.0955. The summed E-state index contributed by atoms with van der Waals surface area (Å²) in [6.45, 7) is 2.94. The van der Waals surface area contributed by atoms with Gasteiger partial charge in [0, 0.05) is 11.7 Å². The fraction of sp³-hybridized carbons (Fsp3) is 0.375. The van der Waals surface area contributed by atoms with Crippen LogP contribution in [-0.2, 0) is 11.3 Å². The first-order valence-corrected chi connectivity index (χ1v) is 10.8. The van der Waals surface area contributed by atoms with Crippen LogP contribution in [0.4, 0.5) is 0 Å². The molecule has 0 spiro atoms. The summed E-state index contributed by atoms with van der Waals surface area (Å²) in [6, 6.07) is 12.1. The van der Waals surface area contributed by atoms with Crippen molar-refractivity contribution in [2.45, 2.75) is 45.2 Å². The Labute approximate surface area is 183 Å². The first kappa shape index (κ1) is 21.1. The van der Waals surface area contributed by atoms with Crippen molar-refractivity contribution in [3.8, 4) is 5.69 Å². The summed E-state index contributed by atoms with van der Waals surface area (Å²) in [4.78, 5) is 21.3. The second-order valence-corrected chi connectivity index (χ2v) is 8.02. The number of hydrogen-bond acceptors (Lipinski definition) is 5. The predicted molar refractivity (Wildman–Crippen MR) is 118 cm³/mol. The number of rotatable bonds is 8. The van der Waals surface area contributed by atoms with Crippen LogP contribution >= 0.6 is 0 Å². The van der Waals surface area contributed by atoms with Crippen molar-refractivity contribution in [1.82, 2.24) is 24.6 Å². The molecule has 0 unspecified atom stereocenters. The molecule has 2 heterocycles. The molecule has 7 heteroatoms. The number of carbonyl (C=O) groups excluding carboxylic acids is 1. The Balaban J connectivity index is 1.44. The summed E-state index contributed by atoms with van der Waals surface area (Å²) in [5, 5.41) is 4.16. The van der Waals surface area contributed by atoms with E-state index in [1.54, 1.807) is 17.3 Å². The molecule has 0 saturated carbocycles. The van der Waals surface area contributed by atoms with Gasteiger partial charge in [-0.1, -0.05) is 18.2 Å². The molecule has 0 fully saturated rings. The van der Waals surface area contributed by atoms with Gasteiger partial charge in [-0.25, -0.2) is 9.67 Å². The molecule has 0 N–H and O–H groups in total. The third kappa shape index (κ3) is 5.11. The zero-order valence-corrected chi connectivity index (χ0v) is 18.1. The third-order valence-electron chi connectivity index (χ3n) is 5.91. The van der Waals surface area contributed by atoms with Crippen molar-refractivity contribution in [2.75, 3.05) is 13.6 Å². The quantitative estimate of drug-likeness (QED) is 0.543. The lowest BCUT2D eigenvalue weighted by Gasteiger charge is -2.31. The Morgan fingerprint density at radius 3 is 2.71 bits per heavy atom. The van der Waals surface area contributed by atoms with E-state index in [4.69, 9.17) is 4.42 Å². The van der Waals surface area contributed by atoms with Gasteiger partial charge in [0.2, 0.25) is 5.91 Å². The van der Waals surface area contributed by atoms with Gasteiger partial charge in [0.05, 0.1) is 25.0 Å². The van der Waals surface area contributed by atoms with Crippen LogP contribution in [0, 0.1) is 0 Å². The fourth-order valence-corrected chi connectivity index (χ4v) is 3.91. The van der Waals surface area contributed by atoms with Crippen molar-refractivity contribution < 1.29 is 9.21 Å². The molecule has 0 aliphatic heterocycles. The van der Waals surface area contributed by atoms with Gasteiger partial charge in [0.25, 0.3) is 0 Å². The van der Waals surface area contributed by atoms with E-state index in [0.717, 1.165) is 42.0 Å². The standard InChI is InChI=1S/C24H29N5O2/c1-19(20-10-12-22(13-11-20)29-18-25-17-26-29)27(2)16-24(30)28(15-23-9-6-14-31-23)21-7-4-3-5-8-21/h6-7,9-14,17-19H,3-5,8,15-16H2,1-2H3/t19-/m1/s1. The molecule has 0 radical (unpaired) electrons. The zero-order valence-electron chi connectivity index (χ0n) is 18.1. The SMILES string of the molecule is C[C@H](c1ccc(-n2cncn2)cc1)N(C)CC(=O)N(Cc1ccco1)C1=CCCCC1. The molecule has 1 aliphatic carbocycles. The lowest BCUT2D eigenvalue weighted by atomic mass is 10.0. The summed E-state index contributed by atoms with van der Waals surface area (Å²) in [5.74, 6) is 0.900. The minimum Gasteiger partial charge on any atom is -0.467 e. The van der Waals surface area contributed by atoms with Crippen molar-refractivity contribution in [1.29, 1.82) is 0 Å². The summed E-state index contributed by atoms with van der Waals surface area (Å²) >= 11 is 0. The molecule has 31 heavy (non-hydrogen) atoms. The van der Waals surface area contributed by atoms with Crippen LogP contribution in [0.1, 0.15) is 50.0 Å². The van der Waals surface area contributed by atoms with Crippen LogP contribution in [0.25, 0.3) is 5.69 Å². The first-order valence-electron chi connectivity index (χ1n) is 10.8. The number of furan rings is 1. The van der Waals surface area contributed by atoms with Crippen molar-refractivity contribution in [3.63, 3.8) is 0 Å². The molecule has 0 bridgehead atoms. The molecule has 1 atom stereocenters. The molecule has 3 aromatic rings. The van der Waals surface area contributed by atoms with Crippen LogP contribution in [0.3, 0.4) is 0 Å². The number of likely N-dealkylation sites (N-methyl/N-ethyl adjacent to an activating group) is 1. The molecule has 2 aromatic heterocycles. The largest absolute Gasteiger partial charge is 0.467 e. The smallest absolute Gasteiger partial charge is 0.241 e. The van der Waals surface area contributed by atoms with Crippen LogP contribution < -0.4 is 0 Å². The fourth-order valence-electron chi connectivity index (χ4n) is 3.91. The molecule has 162 valence electrons. The highest BCUT2D eigenvalue weighted by Crippen LogP contribution is 2.25. The number of nitrogens with zero attached hydrogens (tertiary/aromatic N) is 5. The average molecular weight is 420 g/mol. The Morgan fingerprint density at radius 1 is 1.23 bits per heavy atom. The average Bonchev–Trinajstić information content (AvgIpc) is 3.52. The molecular formula is C24H29N5O2. The Kier molecular flexibility index (Phi) is 6.62. The number of allylic oxidation sites excluding steroid dienone is 2. The van der Waals surface area contributed by atoms with E-state index in [-0.39, 0.29) is 11.9 Å². The maximum atomic E-state index is 13.3. The second-order valence-electron chi connectivity index (χ2n) is 8.02. The van der Waals surface area contributed by atoms with Gasteiger partial charge in [-0.05, 0) is 69.5 Å². The van der Waals surface area contributed by atoms with Crippen molar-refractivity contribution >= 4 is 5.91 Å². The van der Waals surface area contributed by atoms with Gasteiger partial charge in [0.15, 0.2) is 0 Å². The molecule has 1 aromatic carbocycles. The Bertz CT molecular complexity index is 993. The minimum absolute atomic E-state index is 0.0955. The predicted octanol–water partition coefficient (Wildman–Crippen LogP) is 4.34. The van der Waals surface area contributed by atoms with E-state index in [0.29, 0.717) is 13.1 Å². The number of benzene rings is 1. The molecule has 0 saturated heterocycles. The maximum Gasteiger partial charge on any atom is 0.241 e. The number of amides is 1. The summed E-state index contributed by atoms with van der Waals surface area (Å²) < 4.78 is 7.25. The molecule has 1 amide bonds. The summed E-state index contributed by atoms with van der Waals surface area (Å²) in [5.41, 5.74) is 3.22. The van der Waals surface area contributed by atoms with Crippen LogP contribution in [0.15, 0.2) is 71.5 Å².